The quantitative estimate of drug-likeness (QED) is 0.881. The van der Waals surface area contributed by atoms with Crippen LogP contribution in [0.1, 0.15) is 39.0 Å². The van der Waals surface area contributed by atoms with Gasteiger partial charge in [0.15, 0.2) is 5.13 Å². The number of nitrogen functional groups attached to an aromatic ring is 1. The van der Waals surface area contributed by atoms with Gasteiger partial charge < -0.3 is 10.6 Å². The van der Waals surface area contributed by atoms with Gasteiger partial charge in [0.05, 0.1) is 6.20 Å². The van der Waals surface area contributed by atoms with Crippen molar-refractivity contribution in [2.24, 2.45) is 5.92 Å². The van der Waals surface area contributed by atoms with Crippen molar-refractivity contribution in [1.82, 2.24) is 4.98 Å². The third-order valence-electron chi connectivity index (χ3n) is 3.75. The van der Waals surface area contributed by atoms with E-state index in [2.05, 4.69) is 23.9 Å². The van der Waals surface area contributed by atoms with Crippen LogP contribution in [-0.4, -0.2) is 18.1 Å². The molecule has 2 N–H and O–H groups in total. The highest BCUT2D eigenvalue weighted by atomic mass is 32.1. The number of rotatable bonds is 3. The van der Waals surface area contributed by atoms with Gasteiger partial charge in [0.1, 0.15) is 5.00 Å². The van der Waals surface area contributed by atoms with Crippen molar-refractivity contribution in [2.75, 3.05) is 17.7 Å². The summed E-state index contributed by atoms with van der Waals surface area (Å²) in [7, 11) is 2.15. The predicted octanol–water partition coefficient (Wildman–Crippen LogP) is 3.13. The number of anilines is 2. The molecule has 1 heterocycles. The Morgan fingerprint density at radius 1 is 1.44 bits per heavy atom. The lowest BCUT2D eigenvalue weighted by atomic mass is 9.84. The molecule has 0 saturated heterocycles. The van der Waals surface area contributed by atoms with Gasteiger partial charge in [-0.15, -0.1) is 0 Å². The molecule has 1 saturated carbocycles. The summed E-state index contributed by atoms with van der Waals surface area (Å²) in [6.07, 6.45) is 8.43. The summed E-state index contributed by atoms with van der Waals surface area (Å²) in [6, 6.07) is 0.661. The van der Waals surface area contributed by atoms with Gasteiger partial charge in [0.2, 0.25) is 0 Å². The van der Waals surface area contributed by atoms with Gasteiger partial charge in [0.25, 0.3) is 0 Å². The van der Waals surface area contributed by atoms with Crippen molar-refractivity contribution in [3.8, 4) is 0 Å². The normalized spacial score (nSPS) is 25.6. The highest BCUT2D eigenvalue weighted by molar-refractivity contribution is 7.19. The molecule has 0 amide bonds. The van der Waals surface area contributed by atoms with E-state index < -0.39 is 0 Å². The first-order valence-electron chi connectivity index (χ1n) is 6.14. The van der Waals surface area contributed by atoms with Crippen LogP contribution in [0.25, 0.3) is 0 Å². The Morgan fingerprint density at radius 2 is 2.12 bits per heavy atom. The second-order valence-corrected chi connectivity index (χ2v) is 5.78. The summed E-state index contributed by atoms with van der Waals surface area (Å²) in [6.45, 7) is 2.30. The average Bonchev–Trinajstić information content (AvgIpc) is 2.75. The third-order valence-corrected chi connectivity index (χ3v) is 4.67. The molecule has 3 nitrogen and oxygen atoms in total. The van der Waals surface area contributed by atoms with E-state index in [0.717, 1.165) is 16.1 Å². The van der Waals surface area contributed by atoms with Crippen molar-refractivity contribution in [2.45, 2.75) is 45.1 Å². The minimum Gasteiger partial charge on any atom is -0.389 e. The maximum absolute atomic E-state index is 5.72. The van der Waals surface area contributed by atoms with Crippen LogP contribution >= 0.6 is 11.3 Å². The molecule has 90 valence electrons. The Hall–Kier alpha value is -0.770. The van der Waals surface area contributed by atoms with Crippen molar-refractivity contribution in [3.05, 3.63) is 6.20 Å². The molecular formula is C12H21N3S. The van der Waals surface area contributed by atoms with Crippen LogP contribution in [0.5, 0.6) is 0 Å². The molecule has 0 aromatic carbocycles. The molecule has 0 bridgehead atoms. The maximum Gasteiger partial charge on any atom is 0.187 e. The van der Waals surface area contributed by atoms with Crippen LogP contribution in [0.4, 0.5) is 10.1 Å². The molecular weight excluding hydrogens is 218 g/mol. The molecule has 1 fully saturated rings. The minimum absolute atomic E-state index is 0.661. The summed E-state index contributed by atoms with van der Waals surface area (Å²) in [5.41, 5.74) is 5.72. The Labute approximate surface area is 102 Å². The maximum atomic E-state index is 5.72. The molecule has 1 aromatic rings. The molecule has 0 radical (unpaired) electrons. The van der Waals surface area contributed by atoms with E-state index >= 15 is 0 Å². The molecule has 0 aliphatic heterocycles. The van der Waals surface area contributed by atoms with Crippen molar-refractivity contribution >= 4 is 21.5 Å². The van der Waals surface area contributed by atoms with Gasteiger partial charge in [-0.25, -0.2) is 4.98 Å². The molecule has 1 aliphatic carbocycles. The standard InChI is InChI=1S/C12H21N3S/c1-3-9-4-6-10(7-5-9)15(2)12-14-8-11(13)16-12/h8-10H,3-7,13H2,1-2H3. The zero-order valence-corrected chi connectivity index (χ0v) is 11.0. The lowest BCUT2D eigenvalue weighted by molar-refractivity contribution is 0.313. The van der Waals surface area contributed by atoms with Gasteiger partial charge in [-0.2, -0.15) is 0 Å². The Balaban J connectivity index is 1.93. The van der Waals surface area contributed by atoms with Crippen molar-refractivity contribution in [3.63, 3.8) is 0 Å². The Bertz CT molecular complexity index is 329. The fourth-order valence-corrected chi connectivity index (χ4v) is 3.25. The summed E-state index contributed by atoms with van der Waals surface area (Å²) in [4.78, 5) is 6.66. The van der Waals surface area contributed by atoms with Crippen LogP contribution in [0.2, 0.25) is 0 Å². The highest BCUT2D eigenvalue weighted by Gasteiger charge is 2.24. The largest absolute Gasteiger partial charge is 0.389 e. The summed E-state index contributed by atoms with van der Waals surface area (Å²) in [5, 5.41) is 1.88. The summed E-state index contributed by atoms with van der Waals surface area (Å²) < 4.78 is 0. The van der Waals surface area contributed by atoms with E-state index in [9.17, 15) is 0 Å². The molecule has 4 heteroatoms. The third kappa shape index (κ3) is 2.48. The van der Waals surface area contributed by atoms with Crippen molar-refractivity contribution in [1.29, 1.82) is 0 Å². The summed E-state index contributed by atoms with van der Waals surface area (Å²) >= 11 is 1.59. The van der Waals surface area contributed by atoms with Gasteiger partial charge in [0, 0.05) is 13.1 Å². The number of aromatic nitrogens is 1. The highest BCUT2D eigenvalue weighted by Crippen LogP contribution is 2.33. The monoisotopic (exact) mass is 239 g/mol. The van der Waals surface area contributed by atoms with Crippen LogP contribution in [0, 0.1) is 5.92 Å². The topological polar surface area (TPSA) is 42.2 Å². The zero-order valence-electron chi connectivity index (χ0n) is 10.1. The first-order chi connectivity index (χ1) is 7.70. The Morgan fingerprint density at radius 3 is 2.62 bits per heavy atom. The second-order valence-electron chi connectivity index (χ2n) is 4.74. The lowest BCUT2D eigenvalue weighted by Crippen LogP contribution is -2.35. The minimum atomic E-state index is 0.661. The van der Waals surface area contributed by atoms with E-state index in [1.165, 1.54) is 32.1 Å². The molecule has 1 aromatic heterocycles. The van der Waals surface area contributed by atoms with Gasteiger partial charge in [-0.3, -0.25) is 0 Å². The van der Waals surface area contributed by atoms with Gasteiger partial charge in [-0.05, 0) is 31.6 Å². The second kappa shape index (κ2) is 5.04. The van der Waals surface area contributed by atoms with Crippen LogP contribution in [-0.2, 0) is 0 Å². The molecule has 0 atom stereocenters. The van der Waals surface area contributed by atoms with E-state index in [1.54, 1.807) is 17.5 Å². The predicted molar refractivity (Wildman–Crippen MR) is 71.0 cm³/mol. The van der Waals surface area contributed by atoms with E-state index in [0.29, 0.717) is 6.04 Å². The van der Waals surface area contributed by atoms with Crippen LogP contribution in [0.15, 0.2) is 6.20 Å². The van der Waals surface area contributed by atoms with E-state index in [1.807, 2.05) is 0 Å². The zero-order chi connectivity index (χ0) is 11.5. The first-order valence-corrected chi connectivity index (χ1v) is 6.96. The molecule has 1 aliphatic rings. The van der Waals surface area contributed by atoms with E-state index in [-0.39, 0.29) is 0 Å². The number of nitrogens with two attached hydrogens (primary N) is 1. The van der Waals surface area contributed by atoms with Gasteiger partial charge in [-0.1, -0.05) is 24.7 Å². The fourth-order valence-electron chi connectivity index (χ4n) is 2.54. The van der Waals surface area contributed by atoms with E-state index in [4.69, 9.17) is 5.73 Å². The smallest absolute Gasteiger partial charge is 0.187 e. The van der Waals surface area contributed by atoms with Crippen LogP contribution in [0.3, 0.4) is 0 Å². The molecule has 16 heavy (non-hydrogen) atoms. The average molecular weight is 239 g/mol. The lowest BCUT2D eigenvalue weighted by Gasteiger charge is -2.34. The number of hydrogen-bond donors (Lipinski definition) is 1. The first kappa shape index (κ1) is 11.7. The molecule has 0 unspecified atom stereocenters. The summed E-state index contributed by atoms with van der Waals surface area (Å²) in [5.74, 6) is 0.950. The fraction of sp³-hybridized carbons (Fsp3) is 0.750. The number of hydrogen-bond acceptors (Lipinski definition) is 4. The number of thiazole rings is 1. The van der Waals surface area contributed by atoms with Gasteiger partial charge >= 0.3 is 0 Å². The molecule has 0 spiro atoms. The Kier molecular flexibility index (Phi) is 3.69. The number of nitrogens with zero attached hydrogens (tertiary/aromatic N) is 2. The van der Waals surface area contributed by atoms with Crippen molar-refractivity contribution < 1.29 is 0 Å². The molecule has 2 rings (SSSR count). The van der Waals surface area contributed by atoms with Crippen LogP contribution < -0.4 is 10.6 Å². The SMILES string of the molecule is CCC1CCC(N(C)c2ncc(N)s2)CC1.